The first-order valence-corrected chi connectivity index (χ1v) is 13.4. The number of para-hydroxylation sites is 1. The Labute approximate surface area is 213 Å². The van der Waals surface area contributed by atoms with Gasteiger partial charge in [0, 0.05) is 69.7 Å². The van der Waals surface area contributed by atoms with Crippen molar-refractivity contribution in [1.82, 2.24) is 29.8 Å². The summed E-state index contributed by atoms with van der Waals surface area (Å²) in [5, 5.41) is 19.3. The van der Waals surface area contributed by atoms with Crippen LogP contribution in [-0.2, 0) is 4.79 Å². The maximum Gasteiger partial charge on any atom is 0.272 e. The normalized spacial score (nSPS) is 28.8. The van der Waals surface area contributed by atoms with E-state index < -0.39 is 6.10 Å². The number of aliphatic hydroxyl groups excluding tert-OH is 1. The summed E-state index contributed by atoms with van der Waals surface area (Å²) < 4.78 is 1.94. The largest absolute Gasteiger partial charge is 0.390 e. The lowest BCUT2D eigenvalue weighted by Crippen LogP contribution is -2.52. The maximum absolute atomic E-state index is 13.3. The number of nitrogens with zero attached hydrogens (tertiary/aromatic N) is 5. The zero-order chi connectivity index (χ0) is 25.6. The van der Waals surface area contributed by atoms with E-state index in [1.54, 1.807) is 18.9 Å². The summed E-state index contributed by atoms with van der Waals surface area (Å²) in [5.74, 6) is -0.0813. The molecule has 0 saturated carbocycles. The summed E-state index contributed by atoms with van der Waals surface area (Å²) >= 11 is 0. The van der Waals surface area contributed by atoms with Crippen LogP contribution in [0.1, 0.15) is 63.0 Å². The standard InChI is InChI=1S/C27H40N6O3/c1-17(2)33-23-8-6-5-7-22(23)26(29-33)27(36)28-19-13-20-9-10-21(14-19)32(20)12-11-31-15-24(25(35)16-31)30(4)18(3)34/h5-8,17,19-21,24-25,35H,9-16H2,1-4H3,(H,28,36)/t19-,20-,21+,24-,25-/m0/s1. The summed E-state index contributed by atoms with van der Waals surface area (Å²) in [5.41, 5.74) is 1.52. The number of aromatic nitrogens is 2. The molecule has 0 radical (unpaired) electrons. The van der Waals surface area contributed by atoms with Gasteiger partial charge in [0.05, 0.1) is 17.7 Å². The Balaban J connectivity index is 1.18. The first-order valence-electron chi connectivity index (χ1n) is 13.4. The molecule has 1 aromatic heterocycles. The van der Waals surface area contributed by atoms with Crippen molar-refractivity contribution in [2.45, 2.75) is 82.8 Å². The third-order valence-corrected chi connectivity index (χ3v) is 8.54. The molecule has 3 aliphatic heterocycles. The van der Waals surface area contributed by atoms with Gasteiger partial charge in [0.15, 0.2) is 5.69 Å². The van der Waals surface area contributed by atoms with Crippen LogP contribution < -0.4 is 5.32 Å². The molecule has 5 rings (SSSR count). The predicted molar refractivity (Wildman–Crippen MR) is 139 cm³/mol. The van der Waals surface area contributed by atoms with Crippen molar-refractivity contribution < 1.29 is 14.7 Å². The van der Waals surface area contributed by atoms with Crippen molar-refractivity contribution in [3.05, 3.63) is 30.0 Å². The smallest absolute Gasteiger partial charge is 0.272 e. The summed E-state index contributed by atoms with van der Waals surface area (Å²) in [6.07, 6.45) is 3.76. The molecular formula is C27H40N6O3. The Bertz CT molecular complexity index is 1100. The third-order valence-electron chi connectivity index (χ3n) is 8.54. The number of hydrogen-bond acceptors (Lipinski definition) is 6. The third kappa shape index (κ3) is 4.76. The van der Waals surface area contributed by atoms with Gasteiger partial charge in [-0.2, -0.15) is 5.10 Å². The number of rotatable bonds is 7. The Morgan fingerprint density at radius 2 is 1.83 bits per heavy atom. The summed E-state index contributed by atoms with van der Waals surface area (Å²) in [7, 11) is 1.77. The highest BCUT2D eigenvalue weighted by Gasteiger charge is 2.42. The minimum absolute atomic E-state index is 0.00738. The minimum atomic E-state index is -0.494. The first-order chi connectivity index (χ1) is 17.2. The van der Waals surface area contributed by atoms with Crippen LogP contribution in [0.15, 0.2) is 24.3 Å². The Morgan fingerprint density at radius 3 is 2.50 bits per heavy atom. The molecule has 2 N–H and O–H groups in total. The van der Waals surface area contributed by atoms with E-state index in [1.807, 2.05) is 28.9 Å². The molecule has 0 unspecified atom stereocenters. The van der Waals surface area contributed by atoms with Crippen LogP contribution in [0.25, 0.3) is 10.9 Å². The van der Waals surface area contributed by atoms with Crippen molar-refractivity contribution in [1.29, 1.82) is 0 Å². The van der Waals surface area contributed by atoms with Crippen LogP contribution in [-0.4, -0.2) is 105 Å². The van der Waals surface area contributed by atoms with Gasteiger partial charge in [0.25, 0.3) is 5.91 Å². The van der Waals surface area contributed by atoms with E-state index in [0.29, 0.717) is 24.3 Å². The average molecular weight is 497 g/mol. The fourth-order valence-electron chi connectivity index (χ4n) is 6.56. The number of likely N-dealkylation sites (tertiary alicyclic amines) is 1. The van der Waals surface area contributed by atoms with Crippen molar-refractivity contribution in [3.63, 3.8) is 0 Å². The number of carbonyl (C=O) groups excluding carboxylic acids is 2. The molecule has 9 nitrogen and oxygen atoms in total. The van der Waals surface area contributed by atoms with E-state index in [0.717, 1.165) is 43.4 Å². The second-order valence-corrected chi connectivity index (χ2v) is 11.2. The molecular weight excluding hydrogens is 456 g/mol. The number of benzene rings is 1. The van der Waals surface area contributed by atoms with Gasteiger partial charge in [-0.3, -0.25) is 24.1 Å². The molecule has 36 heavy (non-hydrogen) atoms. The summed E-state index contributed by atoms with van der Waals surface area (Å²) in [4.78, 5) is 31.6. The number of fused-ring (bicyclic) bond motifs is 3. The monoisotopic (exact) mass is 496 g/mol. The number of aliphatic hydroxyl groups is 1. The molecule has 5 atom stereocenters. The SMILES string of the molecule is CC(=O)N(C)[C@H]1CN(CCN2[C@@H]3CC[C@H]2C[C@H](NC(=O)c2nn(C(C)C)c4ccccc24)C3)C[C@@H]1O. The fourth-order valence-corrected chi connectivity index (χ4v) is 6.56. The number of hydrogen-bond donors (Lipinski definition) is 2. The second-order valence-electron chi connectivity index (χ2n) is 11.2. The van der Waals surface area contributed by atoms with Crippen molar-refractivity contribution in [3.8, 4) is 0 Å². The van der Waals surface area contributed by atoms with Crippen molar-refractivity contribution in [2.75, 3.05) is 33.2 Å². The van der Waals surface area contributed by atoms with Crippen LogP contribution in [0.5, 0.6) is 0 Å². The predicted octanol–water partition coefficient (Wildman–Crippen LogP) is 1.87. The molecule has 3 fully saturated rings. The van der Waals surface area contributed by atoms with Gasteiger partial charge < -0.3 is 15.3 Å². The lowest BCUT2D eigenvalue weighted by Gasteiger charge is -2.39. The molecule has 2 amide bonds. The maximum atomic E-state index is 13.3. The molecule has 3 aliphatic rings. The Hall–Kier alpha value is -2.49. The first kappa shape index (κ1) is 25.2. The lowest BCUT2D eigenvalue weighted by molar-refractivity contribution is -0.130. The van der Waals surface area contributed by atoms with E-state index in [9.17, 15) is 14.7 Å². The molecule has 4 heterocycles. The fraction of sp³-hybridized carbons (Fsp3) is 0.667. The summed E-state index contributed by atoms with van der Waals surface area (Å²) in [6.45, 7) is 8.90. The number of carbonyl (C=O) groups is 2. The average Bonchev–Trinajstić information content (AvgIpc) is 3.48. The van der Waals surface area contributed by atoms with Crippen LogP contribution in [0, 0.1) is 0 Å². The van der Waals surface area contributed by atoms with Gasteiger partial charge in [-0.15, -0.1) is 0 Å². The van der Waals surface area contributed by atoms with Gasteiger partial charge in [-0.25, -0.2) is 0 Å². The topological polar surface area (TPSA) is 93.9 Å². The molecule has 2 bridgehead atoms. The van der Waals surface area contributed by atoms with E-state index in [-0.39, 0.29) is 29.9 Å². The lowest BCUT2D eigenvalue weighted by atomic mass is 9.97. The van der Waals surface area contributed by atoms with E-state index in [4.69, 9.17) is 0 Å². The van der Waals surface area contributed by atoms with Gasteiger partial charge in [0.2, 0.25) is 5.91 Å². The van der Waals surface area contributed by atoms with Crippen molar-refractivity contribution in [2.24, 2.45) is 0 Å². The van der Waals surface area contributed by atoms with E-state index in [1.165, 1.54) is 12.8 Å². The molecule has 9 heteroatoms. The van der Waals surface area contributed by atoms with Gasteiger partial charge in [0.1, 0.15) is 0 Å². The highest BCUT2D eigenvalue weighted by atomic mass is 16.3. The van der Waals surface area contributed by atoms with Gasteiger partial charge in [-0.05, 0) is 45.6 Å². The number of β-amino-alcohol motifs (C(OH)–C–C–N with tert-alkyl or cyclic N) is 1. The summed E-state index contributed by atoms with van der Waals surface area (Å²) in [6, 6.07) is 9.13. The quantitative estimate of drug-likeness (QED) is 0.608. The number of likely N-dealkylation sites (N-methyl/N-ethyl adjacent to an activating group) is 1. The highest BCUT2D eigenvalue weighted by Crippen LogP contribution is 2.36. The Morgan fingerprint density at radius 1 is 1.14 bits per heavy atom. The molecule has 0 aliphatic carbocycles. The Kier molecular flexibility index (Phi) is 7.07. The zero-order valence-electron chi connectivity index (χ0n) is 21.9. The van der Waals surface area contributed by atoms with Crippen LogP contribution in [0.3, 0.4) is 0 Å². The van der Waals surface area contributed by atoms with E-state index >= 15 is 0 Å². The minimum Gasteiger partial charge on any atom is -0.390 e. The molecule has 0 spiro atoms. The molecule has 196 valence electrons. The molecule has 3 saturated heterocycles. The number of amides is 2. The van der Waals surface area contributed by atoms with E-state index in [2.05, 4.69) is 34.1 Å². The second kappa shape index (κ2) is 10.1. The number of piperidine rings is 1. The van der Waals surface area contributed by atoms with Crippen molar-refractivity contribution >= 4 is 22.7 Å². The molecule has 2 aromatic rings. The number of nitrogens with one attached hydrogen (secondary N) is 1. The van der Waals surface area contributed by atoms with Crippen LogP contribution >= 0.6 is 0 Å². The van der Waals surface area contributed by atoms with Crippen LogP contribution in [0.4, 0.5) is 0 Å². The highest BCUT2D eigenvalue weighted by molar-refractivity contribution is 6.05. The van der Waals surface area contributed by atoms with Gasteiger partial charge in [-0.1, -0.05) is 18.2 Å². The van der Waals surface area contributed by atoms with Crippen LogP contribution in [0.2, 0.25) is 0 Å². The van der Waals surface area contributed by atoms with Gasteiger partial charge >= 0.3 is 0 Å². The molecule has 1 aromatic carbocycles. The zero-order valence-corrected chi connectivity index (χ0v) is 21.9.